The van der Waals surface area contributed by atoms with Crippen LogP contribution in [0.3, 0.4) is 0 Å². The molecule has 0 atom stereocenters. The van der Waals surface area contributed by atoms with Crippen molar-refractivity contribution in [2.24, 2.45) is 0 Å². The number of alkyl halides is 1. The van der Waals surface area contributed by atoms with E-state index in [9.17, 15) is 4.79 Å². The second-order valence-corrected chi connectivity index (χ2v) is 3.63. The van der Waals surface area contributed by atoms with Crippen LogP contribution in [0.25, 0.3) is 11.0 Å². The van der Waals surface area contributed by atoms with Gasteiger partial charge in [-0.3, -0.25) is 4.79 Å². The molecule has 1 heterocycles. The number of halogens is 1. The van der Waals surface area contributed by atoms with Crippen LogP contribution < -0.4 is 10.4 Å². The lowest BCUT2D eigenvalue weighted by Crippen LogP contribution is -2.28. The first-order valence-corrected chi connectivity index (χ1v) is 5.52. The predicted molar refractivity (Wildman–Crippen MR) is 62.8 cm³/mol. The summed E-state index contributed by atoms with van der Waals surface area (Å²) < 4.78 is 1.26. The van der Waals surface area contributed by atoms with Gasteiger partial charge in [0.2, 0.25) is 0 Å². The lowest BCUT2D eigenvalue weighted by atomic mass is 10.3. The molecule has 0 aliphatic heterocycles. The highest BCUT2D eigenvalue weighted by molar-refractivity contribution is 6.17. The fourth-order valence-corrected chi connectivity index (χ4v) is 1.49. The molecule has 0 aliphatic rings. The zero-order valence-corrected chi connectivity index (χ0v) is 9.35. The molecule has 0 bridgehead atoms. The van der Waals surface area contributed by atoms with E-state index in [4.69, 9.17) is 16.4 Å². The molecule has 0 saturated carbocycles. The third kappa shape index (κ3) is 2.17. The van der Waals surface area contributed by atoms with Crippen LogP contribution in [0.15, 0.2) is 35.3 Å². The van der Waals surface area contributed by atoms with Crippen molar-refractivity contribution in [3.63, 3.8) is 0 Å². The first-order valence-electron chi connectivity index (χ1n) is 4.99. The maximum atomic E-state index is 11.6. The molecular formula is C11H11ClN2O2. The summed E-state index contributed by atoms with van der Waals surface area (Å²) in [7, 11) is 0. The van der Waals surface area contributed by atoms with Gasteiger partial charge in [-0.1, -0.05) is 12.1 Å². The van der Waals surface area contributed by atoms with Crippen molar-refractivity contribution in [3.05, 3.63) is 40.8 Å². The monoisotopic (exact) mass is 238 g/mol. The van der Waals surface area contributed by atoms with Crippen LogP contribution in [0, 0.1) is 0 Å². The van der Waals surface area contributed by atoms with E-state index < -0.39 is 0 Å². The van der Waals surface area contributed by atoms with Gasteiger partial charge in [0.15, 0.2) is 0 Å². The highest BCUT2D eigenvalue weighted by atomic mass is 35.5. The van der Waals surface area contributed by atoms with Gasteiger partial charge in [-0.15, -0.1) is 16.3 Å². The Morgan fingerprint density at radius 3 is 3.00 bits per heavy atom. The zero-order valence-electron chi connectivity index (χ0n) is 8.60. The van der Waals surface area contributed by atoms with Crippen LogP contribution >= 0.6 is 11.6 Å². The van der Waals surface area contributed by atoms with Crippen LogP contribution in [0.2, 0.25) is 0 Å². The van der Waals surface area contributed by atoms with Crippen molar-refractivity contribution in [3.8, 4) is 0 Å². The maximum Gasteiger partial charge on any atom is 0.302 e. The van der Waals surface area contributed by atoms with Gasteiger partial charge in [-0.2, -0.15) is 0 Å². The van der Waals surface area contributed by atoms with E-state index >= 15 is 0 Å². The van der Waals surface area contributed by atoms with Crippen LogP contribution in [-0.2, 0) is 0 Å². The van der Waals surface area contributed by atoms with Crippen LogP contribution in [0.4, 0.5) is 0 Å². The zero-order chi connectivity index (χ0) is 11.4. The van der Waals surface area contributed by atoms with E-state index in [0.717, 1.165) is 5.52 Å². The number of hydrogen-bond acceptors (Lipinski definition) is 3. The Balaban J connectivity index is 2.41. The minimum atomic E-state index is -0.270. The van der Waals surface area contributed by atoms with E-state index in [1.54, 1.807) is 6.07 Å². The molecule has 0 saturated heterocycles. The molecule has 0 N–H and O–H groups in total. The lowest BCUT2D eigenvalue weighted by Gasteiger charge is -2.09. The third-order valence-corrected chi connectivity index (χ3v) is 2.38. The van der Waals surface area contributed by atoms with Crippen molar-refractivity contribution in [1.82, 2.24) is 9.71 Å². The maximum absolute atomic E-state index is 11.6. The molecule has 0 spiro atoms. The van der Waals surface area contributed by atoms with Crippen molar-refractivity contribution in [2.75, 3.05) is 12.5 Å². The quantitative estimate of drug-likeness (QED) is 0.598. The molecule has 5 heteroatoms. The standard InChI is InChI=1S/C11H11ClN2O2/c12-6-3-7-16-14-10-5-2-1-4-9(10)13-8-11(14)15/h1-2,4-5,8H,3,6-7H2. The lowest BCUT2D eigenvalue weighted by molar-refractivity contribution is 0.112. The van der Waals surface area contributed by atoms with E-state index in [-0.39, 0.29) is 5.56 Å². The summed E-state index contributed by atoms with van der Waals surface area (Å²) in [6, 6.07) is 7.33. The molecule has 2 aromatic rings. The average Bonchev–Trinajstić information content (AvgIpc) is 2.32. The fourth-order valence-electron chi connectivity index (χ4n) is 1.38. The molecular weight excluding hydrogens is 228 g/mol. The molecule has 0 aliphatic carbocycles. The van der Waals surface area contributed by atoms with Crippen molar-refractivity contribution < 1.29 is 4.84 Å². The summed E-state index contributed by atoms with van der Waals surface area (Å²) in [6.07, 6.45) is 1.95. The second-order valence-electron chi connectivity index (χ2n) is 3.26. The van der Waals surface area contributed by atoms with Gasteiger partial charge in [-0.25, -0.2) is 4.98 Å². The summed E-state index contributed by atoms with van der Waals surface area (Å²) in [4.78, 5) is 21.0. The van der Waals surface area contributed by atoms with Crippen molar-refractivity contribution in [2.45, 2.75) is 6.42 Å². The number of nitrogens with zero attached hydrogens (tertiary/aromatic N) is 2. The van der Waals surface area contributed by atoms with Gasteiger partial charge in [0.05, 0.1) is 11.7 Å². The molecule has 1 aromatic heterocycles. The third-order valence-electron chi connectivity index (χ3n) is 2.11. The van der Waals surface area contributed by atoms with Crippen molar-refractivity contribution in [1.29, 1.82) is 0 Å². The normalized spacial score (nSPS) is 10.6. The van der Waals surface area contributed by atoms with E-state index in [2.05, 4.69) is 4.98 Å². The largest absolute Gasteiger partial charge is 0.410 e. The number of aromatic nitrogens is 2. The Kier molecular flexibility index (Phi) is 3.41. The van der Waals surface area contributed by atoms with Gasteiger partial charge >= 0.3 is 5.56 Å². The summed E-state index contributed by atoms with van der Waals surface area (Å²) >= 11 is 5.55. The van der Waals surface area contributed by atoms with Gasteiger partial charge in [0.25, 0.3) is 0 Å². The number of rotatable bonds is 4. The van der Waals surface area contributed by atoms with Gasteiger partial charge < -0.3 is 4.84 Å². The summed E-state index contributed by atoms with van der Waals surface area (Å²) in [5.74, 6) is 0.512. The highest BCUT2D eigenvalue weighted by Crippen LogP contribution is 2.06. The Bertz CT molecular complexity index is 539. The molecule has 84 valence electrons. The van der Waals surface area contributed by atoms with Crippen LogP contribution in [0.5, 0.6) is 0 Å². The van der Waals surface area contributed by atoms with E-state index in [1.807, 2.05) is 18.2 Å². The Morgan fingerprint density at radius 2 is 2.19 bits per heavy atom. The topological polar surface area (TPSA) is 44.1 Å². The van der Waals surface area contributed by atoms with E-state index in [1.165, 1.54) is 10.9 Å². The summed E-state index contributed by atoms with van der Waals surface area (Å²) in [5.41, 5.74) is 1.13. The molecule has 0 radical (unpaired) electrons. The Morgan fingerprint density at radius 1 is 1.38 bits per heavy atom. The minimum absolute atomic E-state index is 0.270. The van der Waals surface area contributed by atoms with Crippen molar-refractivity contribution >= 4 is 22.6 Å². The SMILES string of the molecule is O=c1cnc2ccccc2n1OCCCCl. The van der Waals surface area contributed by atoms with Crippen LogP contribution in [0.1, 0.15) is 6.42 Å². The first-order chi connectivity index (χ1) is 7.83. The Labute approximate surface area is 97.4 Å². The molecule has 1 aromatic carbocycles. The van der Waals surface area contributed by atoms with Crippen LogP contribution in [-0.4, -0.2) is 22.2 Å². The molecule has 4 nitrogen and oxygen atoms in total. The van der Waals surface area contributed by atoms with Gasteiger partial charge in [0.1, 0.15) is 12.1 Å². The number of fused-ring (bicyclic) bond motifs is 1. The Hall–Kier alpha value is -1.55. The van der Waals surface area contributed by atoms with Gasteiger partial charge in [-0.05, 0) is 18.6 Å². The molecule has 2 rings (SSSR count). The summed E-state index contributed by atoms with van der Waals surface area (Å²) in [6.45, 7) is 0.414. The fraction of sp³-hybridized carbons (Fsp3) is 0.273. The number of para-hydroxylation sites is 2. The second kappa shape index (κ2) is 4.99. The summed E-state index contributed by atoms with van der Waals surface area (Å²) in [5, 5.41) is 0. The molecule has 0 unspecified atom stereocenters. The number of hydrogen-bond donors (Lipinski definition) is 0. The highest BCUT2D eigenvalue weighted by Gasteiger charge is 2.03. The van der Waals surface area contributed by atoms with Gasteiger partial charge in [0, 0.05) is 5.88 Å². The molecule has 0 amide bonds. The predicted octanol–water partition coefficient (Wildman–Crippen LogP) is 1.45. The number of benzene rings is 1. The van der Waals surface area contributed by atoms with E-state index in [0.29, 0.717) is 24.4 Å². The molecule has 0 fully saturated rings. The smallest absolute Gasteiger partial charge is 0.302 e. The molecule has 16 heavy (non-hydrogen) atoms. The average molecular weight is 239 g/mol. The minimum Gasteiger partial charge on any atom is -0.410 e. The first kappa shape index (κ1) is 11.0.